The number of aryl methyl sites for hydroxylation is 1. The molecule has 0 N–H and O–H groups in total. The van der Waals surface area contributed by atoms with Crippen molar-refractivity contribution in [3.05, 3.63) is 52.8 Å². The Hall–Kier alpha value is -2.34. The van der Waals surface area contributed by atoms with Gasteiger partial charge in [-0.2, -0.15) is 5.10 Å². The predicted octanol–water partition coefficient (Wildman–Crippen LogP) is 3.58. The van der Waals surface area contributed by atoms with E-state index in [4.69, 9.17) is 16.3 Å². The Balaban J connectivity index is 1.86. The molecule has 1 amide bonds. The molecule has 0 aliphatic carbocycles. The molecule has 1 aromatic carbocycles. The fourth-order valence-corrected chi connectivity index (χ4v) is 4.05. The summed E-state index contributed by atoms with van der Waals surface area (Å²) in [6.07, 6.45) is 5.25. The number of aromatic nitrogens is 2. The van der Waals surface area contributed by atoms with E-state index in [0.717, 1.165) is 12.0 Å². The summed E-state index contributed by atoms with van der Waals surface area (Å²) in [5, 5.41) is 4.82. The van der Waals surface area contributed by atoms with Crippen LogP contribution in [0.5, 0.6) is 0 Å². The third-order valence-corrected chi connectivity index (χ3v) is 5.44. The first-order valence-corrected chi connectivity index (χ1v) is 10.1. The van der Waals surface area contributed by atoms with Gasteiger partial charge in [-0.25, -0.2) is 0 Å². The van der Waals surface area contributed by atoms with Crippen LogP contribution in [-0.2, 0) is 22.5 Å². The Morgan fingerprint density at radius 2 is 2.14 bits per heavy atom. The zero-order chi connectivity index (χ0) is 20.1. The lowest BCUT2D eigenvalue weighted by atomic mass is 9.75. The molecule has 7 heteroatoms. The van der Waals surface area contributed by atoms with E-state index >= 15 is 0 Å². The van der Waals surface area contributed by atoms with Crippen molar-refractivity contribution in [3.63, 3.8) is 0 Å². The zero-order valence-corrected chi connectivity index (χ0v) is 17.1. The van der Waals surface area contributed by atoms with Gasteiger partial charge >= 0.3 is 5.97 Å². The number of carbonyl (C=O) groups excluding carboxylic acids is 2. The molecule has 6 nitrogen and oxygen atoms in total. The van der Waals surface area contributed by atoms with Crippen LogP contribution < -0.4 is 0 Å². The molecular weight excluding hydrogens is 378 g/mol. The molecule has 2 heterocycles. The van der Waals surface area contributed by atoms with Crippen LogP contribution in [0.15, 0.2) is 36.7 Å². The number of hydrogen-bond acceptors (Lipinski definition) is 4. The largest absolute Gasteiger partial charge is 0.466 e. The average Bonchev–Trinajstić information content (AvgIpc) is 3.17. The number of esters is 1. The van der Waals surface area contributed by atoms with Crippen molar-refractivity contribution in [1.29, 1.82) is 0 Å². The molecule has 1 atom stereocenters. The number of carbonyl (C=O) groups is 2. The van der Waals surface area contributed by atoms with Gasteiger partial charge in [0.1, 0.15) is 0 Å². The molecule has 1 fully saturated rings. The highest BCUT2D eigenvalue weighted by atomic mass is 35.5. The molecule has 2 aromatic rings. The van der Waals surface area contributed by atoms with Gasteiger partial charge in [0.2, 0.25) is 0 Å². The Morgan fingerprint density at radius 1 is 1.32 bits per heavy atom. The third kappa shape index (κ3) is 4.38. The van der Waals surface area contributed by atoms with Crippen LogP contribution in [0.2, 0.25) is 5.02 Å². The molecule has 0 spiro atoms. The maximum absolute atomic E-state index is 13.0. The second-order valence-corrected chi connectivity index (χ2v) is 7.66. The molecular formula is C21H26ClN3O3. The van der Waals surface area contributed by atoms with E-state index in [2.05, 4.69) is 5.10 Å². The highest BCUT2D eigenvalue weighted by Gasteiger charge is 2.45. The zero-order valence-electron chi connectivity index (χ0n) is 16.4. The van der Waals surface area contributed by atoms with Gasteiger partial charge in [-0.1, -0.05) is 23.7 Å². The minimum atomic E-state index is -0.768. The lowest BCUT2D eigenvalue weighted by Gasteiger charge is -2.41. The fourth-order valence-electron chi connectivity index (χ4n) is 3.84. The van der Waals surface area contributed by atoms with Gasteiger partial charge in [0, 0.05) is 30.9 Å². The number of rotatable bonds is 6. The summed E-state index contributed by atoms with van der Waals surface area (Å²) in [7, 11) is 0. The highest BCUT2D eigenvalue weighted by molar-refractivity contribution is 6.30. The number of amides is 1. The third-order valence-electron chi connectivity index (χ3n) is 5.21. The summed E-state index contributed by atoms with van der Waals surface area (Å²) in [5.74, 6) is -0.351. The molecule has 1 aliphatic rings. The number of nitrogens with zero attached hydrogens (tertiary/aromatic N) is 3. The maximum Gasteiger partial charge on any atom is 0.314 e. The SMILES string of the molecule is CCOC(=O)[C@@]1(Cc2cccc(Cl)c2)CCCN(C(=O)c2cnn(CC)c2)C1. The first-order valence-electron chi connectivity index (χ1n) is 9.71. The van der Waals surface area contributed by atoms with Crippen LogP contribution in [0.3, 0.4) is 0 Å². The van der Waals surface area contributed by atoms with E-state index in [1.807, 2.05) is 31.2 Å². The van der Waals surface area contributed by atoms with E-state index in [0.29, 0.717) is 49.7 Å². The van der Waals surface area contributed by atoms with E-state index in [-0.39, 0.29) is 11.9 Å². The summed E-state index contributed by atoms with van der Waals surface area (Å²) >= 11 is 6.13. The molecule has 1 aromatic heterocycles. The van der Waals surface area contributed by atoms with E-state index in [9.17, 15) is 9.59 Å². The molecule has 0 bridgehead atoms. The van der Waals surface area contributed by atoms with E-state index < -0.39 is 5.41 Å². The van der Waals surface area contributed by atoms with Crippen LogP contribution in [0, 0.1) is 5.41 Å². The minimum absolute atomic E-state index is 0.0980. The molecule has 0 saturated carbocycles. The van der Waals surface area contributed by atoms with Gasteiger partial charge in [0.05, 0.1) is 23.8 Å². The lowest BCUT2D eigenvalue weighted by molar-refractivity contribution is -0.158. The lowest BCUT2D eigenvalue weighted by Crippen LogP contribution is -2.51. The topological polar surface area (TPSA) is 64.4 Å². The minimum Gasteiger partial charge on any atom is -0.466 e. The average molecular weight is 404 g/mol. The number of benzene rings is 1. The monoisotopic (exact) mass is 403 g/mol. The van der Waals surface area contributed by atoms with Crippen molar-refractivity contribution < 1.29 is 14.3 Å². The predicted molar refractivity (Wildman–Crippen MR) is 107 cm³/mol. The van der Waals surface area contributed by atoms with Crippen molar-refractivity contribution in [1.82, 2.24) is 14.7 Å². The smallest absolute Gasteiger partial charge is 0.314 e. The van der Waals surface area contributed by atoms with Crippen LogP contribution in [0.1, 0.15) is 42.6 Å². The normalized spacial score (nSPS) is 19.5. The van der Waals surface area contributed by atoms with Crippen molar-refractivity contribution in [2.24, 2.45) is 5.41 Å². The molecule has 0 radical (unpaired) electrons. The van der Waals surface area contributed by atoms with E-state index in [1.54, 1.807) is 28.9 Å². The number of likely N-dealkylation sites (tertiary alicyclic amines) is 1. The summed E-state index contributed by atoms with van der Waals surface area (Å²) < 4.78 is 7.14. The van der Waals surface area contributed by atoms with Crippen LogP contribution in [0.4, 0.5) is 0 Å². The first kappa shape index (κ1) is 20.4. The van der Waals surface area contributed by atoms with Crippen LogP contribution in [-0.4, -0.2) is 46.3 Å². The molecule has 3 rings (SSSR count). The van der Waals surface area contributed by atoms with Crippen LogP contribution in [0.25, 0.3) is 0 Å². The van der Waals surface area contributed by atoms with E-state index in [1.165, 1.54) is 0 Å². The van der Waals surface area contributed by atoms with Gasteiger partial charge in [-0.3, -0.25) is 14.3 Å². The number of halogens is 1. The Labute approximate surface area is 170 Å². The Kier molecular flexibility index (Phi) is 6.39. The standard InChI is InChI=1S/C21H26ClN3O3/c1-3-25-14-17(13-23-25)19(26)24-10-6-9-21(15-24,20(27)28-4-2)12-16-7-5-8-18(22)11-16/h5,7-8,11,13-14H,3-4,6,9-10,12,15H2,1-2H3/t21-/m1/s1. The molecule has 28 heavy (non-hydrogen) atoms. The summed E-state index contributed by atoms with van der Waals surface area (Å²) in [6.45, 7) is 5.73. The van der Waals surface area contributed by atoms with Crippen molar-refractivity contribution in [2.45, 2.75) is 39.7 Å². The number of piperidine rings is 1. The first-order chi connectivity index (χ1) is 13.5. The number of hydrogen-bond donors (Lipinski definition) is 0. The van der Waals surface area contributed by atoms with Gasteiger partial charge in [-0.15, -0.1) is 0 Å². The second kappa shape index (κ2) is 8.78. The van der Waals surface area contributed by atoms with Gasteiger partial charge in [0.25, 0.3) is 5.91 Å². The maximum atomic E-state index is 13.0. The number of ether oxygens (including phenoxy) is 1. The van der Waals surface area contributed by atoms with Crippen molar-refractivity contribution >= 4 is 23.5 Å². The second-order valence-electron chi connectivity index (χ2n) is 7.22. The molecule has 0 unspecified atom stereocenters. The van der Waals surface area contributed by atoms with Gasteiger partial charge in [-0.05, 0) is 50.8 Å². The molecule has 1 aliphatic heterocycles. The summed E-state index contributed by atoms with van der Waals surface area (Å²) in [5.41, 5.74) is 0.743. The highest BCUT2D eigenvalue weighted by Crippen LogP contribution is 2.36. The van der Waals surface area contributed by atoms with Gasteiger partial charge < -0.3 is 9.64 Å². The van der Waals surface area contributed by atoms with Crippen molar-refractivity contribution in [2.75, 3.05) is 19.7 Å². The Bertz CT molecular complexity index is 851. The van der Waals surface area contributed by atoms with Crippen LogP contribution >= 0.6 is 11.6 Å². The van der Waals surface area contributed by atoms with Gasteiger partial charge in [0.15, 0.2) is 0 Å². The molecule has 1 saturated heterocycles. The summed E-state index contributed by atoms with van der Waals surface area (Å²) in [6, 6.07) is 7.51. The molecule has 150 valence electrons. The Morgan fingerprint density at radius 3 is 2.82 bits per heavy atom. The summed E-state index contributed by atoms with van der Waals surface area (Å²) in [4.78, 5) is 27.7. The quantitative estimate of drug-likeness (QED) is 0.691. The fraction of sp³-hybridized carbons (Fsp3) is 0.476. The van der Waals surface area contributed by atoms with Crippen molar-refractivity contribution in [3.8, 4) is 0 Å².